The van der Waals surface area contributed by atoms with Crippen LogP contribution in [0, 0.1) is 29.6 Å². The van der Waals surface area contributed by atoms with Crippen LogP contribution in [0.5, 0.6) is 0 Å². The van der Waals surface area contributed by atoms with Crippen LogP contribution >= 0.6 is 23.1 Å². The van der Waals surface area contributed by atoms with Gasteiger partial charge in [0.05, 0.1) is 11.3 Å². The van der Waals surface area contributed by atoms with Crippen molar-refractivity contribution in [1.82, 2.24) is 5.27 Å². The molecule has 1 unspecified atom stereocenters. The van der Waals surface area contributed by atoms with Gasteiger partial charge in [0, 0.05) is 17.0 Å². The molecule has 7 nitrogen and oxygen atoms in total. The second-order valence-electron chi connectivity index (χ2n) is 9.42. The molecule has 1 aromatic carbocycles. The van der Waals surface area contributed by atoms with Gasteiger partial charge in [0.15, 0.2) is 0 Å². The van der Waals surface area contributed by atoms with Gasteiger partial charge < -0.3 is 5.32 Å². The van der Waals surface area contributed by atoms with Crippen molar-refractivity contribution in [1.29, 1.82) is 5.26 Å². The summed E-state index contributed by atoms with van der Waals surface area (Å²) >= 11 is 2.60. The van der Waals surface area contributed by atoms with Crippen molar-refractivity contribution in [2.24, 2.45) is 11.3 Å². The van der Waals surface area contributed by atoms with Gasteiger partial charge in [-0.2, -0.15) is 5.26 Å². The maximum absolute atomic E-state index is 12.7. The van der Waals surface area contributed by atoms with Crippen LogP contribution in [0.15, 0.2) is 38.6 Å². The lowest BCUT2D eigenvalue weighted by Gasteiger charge is -2.33. The Kier molecular flexibility index (Phi) is 6.50. The predicted octanol–water partition coefficient (Wildman–Crippen LogP) is 4.37. The van der Waals surface area contributed by atoms with E-state index < -0.39 is 5.63 Å². The summed E-state index contributed by atoms with van der Waals surface area (Å²) in [5, 5.41) is 16.1. The summed E-state index contributed by atoms with van der Waals surface area (Å²) in [6.45, 7) is 8.74. The van der Waals surface area contributed by atoms with Crippen LogP contribution in [-0.4, -0.2) is 16.9 Å². The van der Waals surface area contributed by atoms with Gasteiger partial charge in [0.2, 0.25) is 11.6 Å². The fourth-order valence-electron chi connectivity index (χ4n) is 4.08. The van der Waals surface area contributed by atoms with Gasteiger partial charge in [0.1, 0.15) is 11.1 Å². The lowest BCUT2D eigenvalue weighted by atomic mass is 9.72. The van der Waals surface area contributed by atoms with Gasteiger partial charge >= 0.3 is 10.7 Å². The molecule has 2 N–H and O–H groups in total. The molecule has 0 aliphatic heterocycles. The van der Waals surface area contributed by atoms with E-state index in [1.54, 1.807) is 0 Å². The van der Waals surface area contributed by atoms with Crippen molar-refractivity contribution in [3.8, 4) is 11.8 Å². The maximum atomic E-state index is 12.7. The summed E-state index contributed by atoms with van der Waals surface area (Å²) < 4.78 is 6.47. The summed E-state index contributed by atoms with van der Waals surface area (Å²) in [4.78, 5) is 26.1. The number of H-pyrrole nitrogens is 1. The molecule has 0 saturated carbocycles. The molecular weight excluding hydrogens is 456 g/mol. The number of carbonyl (C=O) groups excluding carboxylic acids is 1. The number of thiophene rings is 1. The maximum Gasteiger partial charge on any atom is 0.442 e. The van der Waals surface area contributed by atoms with Crippen molar-refractivity contribution < 1.29 is 14.0 Å². The summed E-state index contributed by atoms with van der Waals surface area (Å²) in [6, 6.07) is 9.89. The van der Waals surface area contributed by atoms with Crippen molar-refractivity contribution in [2.45, 2.75) is 52.0 Å². The van der Waals surface area contributed by atoms with Crippen LogP contribution in [0.4, 0.5) is 5.00 Å². The standard InChI is InChI=1S/C24H26N4O3S2/c1-14-5-8-16(9-6-14)28-22(23(30)31-27-28)32-13-20(29)26-21-18(12-25)17-10-7-15(24(2,3)4)11-19(17)33-21/h5-6,8-9,15H,7,10-11,13H2,1-4H3,(H-,26,27,29,30)/p+1. The van der Waals surface area contributed by atoms with Gasteiger partial charge in [-0.05, 0) is 64.8 Å². The first kappa shape index (κ1) is 23.3. The van der Waals surface area contributed by atoms with Crippen LogP contribution in [0.1, 0.15) is 48.8 Å². The third-order valence-electron chi connectivity index (χ3n) is 6.09. The molecule has 1 aliphatic rings. The number of anilines is 1. The van der Waals surface area contributed by atoms with E-state index in [0.717, 1.165) is 47.8 Å². The smallest absolute Gasteiger partial charge is 0.316 e. The van der Waals surface area contributed by atoms with E-state index in [9.17, 15) is 14.9 Å². The minimum Gasteiger partial charge on any atom is -0.316 e. The molecule has 2 aromatic heterocycles. The average molecular weight is 484 g/mol. The molecule has 2 heterocycles. The molecule has 33 heavy (non-hydrogen) atoms. The second kappa shape index (κ2) is 9.20. The Labute approximate surface area is 200 Å². The molecule has 0 spiro atoms. The Morgan fingerprint density at radius 1 is 1.36 bits per heavy atom. The number of hydrogen-bond acceptors (Lipinski definition) is 6. The minimum atomic E-state index is -0.536. The van der Waals surface area contributed by atoms with Crippen LogP contribution in [0.2, 0.25) is 0 Å². The number of hydrogen-bond donors (Lipinski definition) is 2. The van der Waals surface area contributed by atoms with Gasteiger partial charge in [-0.3, -0.25) is 9.32 Å². The summed E-state index contributed by atoms with van der Waals surface area (Å²) in [7, 11) is 0. The highest BCUT2D eigenvalue weighted by atomic mass is 32.2. The van der Waals surface area contributed by atoms with Gasteiger partial charge in [0.25, 0.3) is 0 Å². The number of aryl methyl sites for hydroxylation is 1. The van der Waals surface area contributed by atoms with E-state index in [1.165, 1.54) is 20.9 Å². The van der Waals surface area contributed by atoms with Gasteiger partial charge in [-0.15, -0.1) is 11.3 Å². The topological polar surface area (TPSA) is 103 Å². The van der Waals surface area contributed by atoms with Crippen molar-refractivity contribution in [3.63, 3.8) is 0 Å². The monoisotopic (exact) mass is 483 g/mol. The Morgan fingerprint density at radius 2 is 2.09 bits per heavy atom. The molecule has 0 fully saturated rings. The molecule has 4 rings (SSSR count). The Morgan fingerprint density at radius 3 is 2.76 bits per heavy atom. The number of rotatable bonds is 5. The normalized spacial score (nSPS) is 15.7. The number of nitrogens with zero attached hydrogens (tertiary/aromatic N) is 2. The molecule has 1 aliphatic carbocycles. The predicted molar refractivity (Wildman–Crippen MR) is 129 cm³/mol. The number of thioether (sulfide) groups is 1. The Bertz CT molecular complexity index is 1270. The lowest BCUT2D eigenvalue weighted by molar-refractivity contribution is -0.704. The number of nitrogens with one attached hydrogen (secondary N) is 2. The SMILES string of the molecule is Cc1ccc(-[n+]2[nH]oc(=O)c2SCC(=O)Nc2sc3c(c2C#N)CCC(C(C)(C)C)C3)cc1. The van der Waals surface area contributed by atoms with E-state index in [0.29, 0.717) is 16.5 Å². The molecule has 9 heteroatoms. The first-order chi connectivity index (χ1) is 15.7. The molecule has 0 bridgehead atoms. The van der Waals surface area contributed by atoms with Crippen LogP contribution in [0.25, 0.3) is 5.69 Å². The second-order valence-corrected chi connectivity index (χ2v) is 11.5. The first-order valence-corrected chi connectivity index (χ1v) is 12.7. The average Bonchev–Trinajstić information content (AvgIpc) is 3.30. The minimum absolute atomic E-state index is 0.0204. The molecule has 1 amide bonds. The van der Waals surface area contributed by atoms with E-state index in [1.807, 2.05) is 31.2 Å². The Balaban J connectivity index is 1.47. The summed E-state index contributed by atoms with van der Waals surface area (Å²) in [5.74, 6) is 0.310. The molecule has 3 aromatic rings. The zero-order chi connectivity index (χ0) is 23.8. The quantitative estimate of drug-likeness (QED) is 0.414. The third-order valence-corrected chi connectivity index (χ3v) is 8.29. The van der Waals surface area contributed by atoms with Gasteiger partial charge in [-0.25, -0.2) is 4.79 Å². The van der Waals surface area contributed by atoms with E-state index >= 15 is 0 Å². The lowest BCUT2D eigenvalue weighted by Crippen LogP contribution is -2.36. The van der Waals surface area contributed by atoms with E-state index in [-0.39, 0.29) is 22.1 Å². The third kappa shape index (κ3) is 4.92. The number of aromatic nitrogens is 2. The molecule has 0 saturated heterocycles. The number of carbonyl (C=O) groups is 1. The number of benzene rings is 1. The zero-order valence-electron chi connectivity index (χ0n) is 19.2. The molecular formula is C24H27N4O3S2+. The molecule has 172 valence electrons. The van der Waals surface area contributed by atoms with Crippen molar-refractivity contribution >= 4 is 34.0 Å². The Hall–Kier alpha value is -2.83. The summed E-state index contributed by atoms with van der Waals surface area (Å²) in [5.41, 5.74) is 3.16. The van der Waals surface area contributed by atoms with Crippen LogP contribution < -0.4 is 15.6 Å². The fourth-order valence-corrected chi connectivity index (χ4v) is 6.14. The molecule has 1 atom stereocenters. The fraction of sp³-hybridized carbons (Fsp3) is 0.417. The summed E-state index contributed by atoms with van der Waals surface area (Å²) in [6.07, 6.45) is 2.85. The van der Waals surface area contributed by atoms with E-state index in [2.05, 4.69) is 37.4 Å². The highest BCUT2D eigenvalue weighted by Crippen LogP contribution is 2.44. The van der Waals surface area contributed by atoms with Crippen LogP contribution in [-0.2, 0) is 17.6 Å². The van der Waals surface area contributed by atoms with E-state index in [4.69, 9.17) is 4.52 Å². The van der Waals surface area contributed by atoms with Crippen molar-refractivity contribution in [2.75, 3.05) is 11.1 Å². The van der Waals surface area contributed by atoms with Gasteiger partial charge in [-0.1, -0.05) is 38.5 Å². The highest BCUT2D eigenvalue weighted by molar-refractivity contribution is 7.99. The first-order valence-electron chi connectivity index (χ1n) is 10.8. The number of fused-ring (bicyclic) bond motifs is 1. The largest absolute Gasteiger partial charge is 0.442 e. The number of aromatic amines is 1. The van der Waals surface area contributed by atoms with Crippen LogP contribution in [0.3, 0.4) is 0 Å². The molecule has 0 radical (unpaired) electrons. The number of amides is 1. The zero-order valence-corrected chi connectivity index (χ0v) is 20.8. The number of nitriles is 1. The van der Waals surface area contributed by atoms with Crippen molar-refractivity contribution in [3.05, 3.63) is 56.3 Å². The highest BCUT2D eigenvalue weighted by Gasteiger charge is 2.32.